The largest absolute Gasteiger partial charge is 0.355 e. The second kappa shape index (κ2) is 6.09. The first-order chi connectivity index (χ1) is 11.9. The van der Waals surface area contributed by atoms with Crippen LogP contribution >= 0.6 is 0 Å². The summed E-state index contributed by atoms with van der Waals surface area (Å²) in [6, 6.07) is 2.51. The molecule has 0 aromatic carbocycles. The Bertz CT molecular complexity index is 785. The van der Waals surface area contributed by atoms with Crippen LogP contribution in [0.4, 0.5) is 5.82 Å². The second-order valence-corrected chi connectivity index (χ2v) is 7.84. The Morgan fingerprint density at radius 1 is 1.20 bits per heavy atom. The highest BCUT2D eigenvalue weighted by Gasteiger charge is 2.32. The van der Waals surface area contributed by atoms with Crippen LogP contribution in [0, 0.1) is 13.8 Å². The lowest BCUT2D eigenvalue weighted by Crippen LogP contribution is -2.35. The summed E-state index contributed by atoms with van der Waals surface area (Å²) >= 11 is 0. The average Bonchev–Trinajstić information content (AvgIpc) is 3.37. The molecule has 0 saturated heterocycles. The fourth-order valence-corrected chi connectivity index (χ4v) is 3.67. The number of nitrogens with zero attached hydrogens (tertiary/aromatic N) is 5. The number of nitrogens with two attached hydrogens (primary N) is 1. The van der Waals surface area contributed by atoms with Crippen molar-refractivity contribution in [2.45, 2.75) is 64.0 Å². The van der Waals surface area contributed by atoms with E-state index in [1.807, 2.05) is 11.7 Å². The number of hydrogen-bond donors (Lipinski definition) is 1. The van der Waals surface area contributed by atoms with Crippen LogP contribution in [0.3, 0.4) is 0 Å². The van der Waals surface area contributed by atoms with Gasteiger partial charge in [-0.3, -0.25) is 4.68 Å². The molecule has 2 saturated carbocycles. The third-order valence-electron chi connectivity index (χ3n) is 5.73. The molecule has 0 unspecified atom stereocenters. The standard InChI is InChI=1S/C19H28N6/c1-11-16(12(2)25(4)23-11)10-24(3)18-9-17(14-7-15(20)8-14)21-19(22-18)13-5-6-13/h9,13-15H,5-8,10,20H2,1-4H3. The molecule has 6 nitrogen and oxygen atoms in total. The molecule has 2 fully saturated rings. The van der Waals surface area contributed by atoms with Gasteiger partial charge in [-0.15, -0.1) is 0 Å². The smallest absolute Gasteiger partial charge is 0.134 e. The van der Waals surface area contributed by atoms with Crippen LogP contribution in [-0.2, 0) is 13.6 Å². The van der Waals surface area contributed by atoms with Gasteiger partial charge in [0.2, 0.25) is 0 Å². The normalized spacial score (nSPS) is 22.8. The van der Waals surface area contributed by atoms with Crippen LogP contribution in [0.15, 0.2) is 6.07 Å². The summed E-state index contributed by atoms with van der Waals surface area (Å²) in [5.41, 5.74) is 10.8. The lowest BCUT2D eigenvalue weighted by molar-refractivity contribution is 0.344. The van der Waals surface area contributed by atoms with Gasteiger partial charge in [-0.25, -0.2) is 9.97 Å². The third kappa shape index (κ3) is 3.15. The highest BCUT2D eigenvalue weighted by molar-refractivity contribution is 5.43. The summed E-state index contributed by atoms with van der Waals surface area (Å²) < 4.78 is 1.95. The Kier molecular flexibility index (Phi) is 4.02. The molecule has 2 aromatic rings. The topological polar surface area (TPSA) is 72.9 Å². The minimum atomic E-state index is 0.339. The Morgan fingerprint density at radius 2 is 1.92 bits per heavy atom. The third-order valence-corrected chi connectivity index (χ3v) is 5.73. The molecular weight excluding hydrogens is 312 g/mol. The number of hydrogen-bond acceptors (Lipinski definition) is 5. The summed E-state index contributed by atoms with van der Waals surface area (Å²) in [7, 11) is 4.11. The van der Waals surface area contributed by atoms with Crippen LogP contribution in [0.1, 0.15) is 66.0 Å². The first-order valence-corrected chi connectivity index (χ1v) is 9.27. The summed E-state index contributed by atoms with van der Waals surface area (Å²) in [6.45, 7) is 5.02. The van der Waals surface area contributed by atoms with Gasteiger partial charge in [-0.05, 0) is 39.5 Å². The molecule has 2 heterocycles. The van der Waals surface area contributed by atoms with E-state index in [1.165, 1.54) is 29.8 Å². The van der Waals surface area contributed by atoms with Crippen molar-refractivity contribution in [2.24, 2.45) is 12.8 Å². The lowest BCUT2D eigenvalue weighted by Gasteiger charge is -2.32. The van der Waals surface area contributed by atoms with E-state index in [1.54, 1.807) is 0 Å². The van der Waals surface area contributed by atoms with Crippen LogP contribution in [-0.4, -0.2) is 32.8 Å². The van der Waals surface area contributed by atoms with E-state index < -0.39 is 0 Å². The monoisotopic (exact) mass is 340 g/mol. The molecule has 6 heteroatoms. The van der Waals surface area contributed by atoms with Gasteiger partial charge in [-0.1, -0.05) is 0 Å². The fourth-order valence-electron chi connectivity index (χ4n) is 3.67. The number of aryl methyl sites for hydroxylation is 2. The maximum Gasteiger partial charge on any atom is 0.134 e. The first kappa shape index (κ1) is 16.5. The quantitative estimate of drug-likeness (QED) is 0.905. The van der Waals surface area contributed by atoms with Crippen molar-refractivity contribution in [3.8, 4) is 0 Å². The zero-order valence-corrected chi connectivity index (χ0v) is 15.7. The molecule has 0 atom stereocenters. The molecular formula is C19H28N6. The molecule has 2 aliphatic carbocycles. The van der Waals surface area contributed by atoms with Crippen molar-refractivity contribution in [1.82, 2.24) is 19.7 Å². The molecule has 0 aliphatic heterocycles. The van der Waals surface area contributed by atoms with E-state index in [0.717, 1.165) is 36.7 Å². The van der Waals surface area contributed by atoms with Gasteiger partial charge in [0, 0.05) is 61.5 Å². The van der Waals surface area contributed by atoms with E-state index >= 15 is 0 Å². The van der Waals surface area contributed by atoms with Gasteiger partial charge in [0.25, 0.3) is 0 Å². The van der Waals surface area contributed by atoms with Crippen molar-refractivity contribution in [2.75, 3.05) is 11.9 Å². The van der Waals surface area contributed by atoms with Gasteiger partial charge in [0.05, 0.1) is 5.69 Å². The number of anilines is 1. The van der Waals surface area contributed by atoms with Crippen LogP contribution < -0.4 is 10.6 Å². The molecule has 0 spiro atoms. The summed E-state index contributed by atoms with van der Waals surface area (Å²) in [6.07, 6.45) is 4.53. The van der Waals surface area contributed by atoms with Crippen LogP contribution in [0.5, 0.6) is 0 Å². The first-order valence-electron chi connectivity index (χ1n) is 9.27. The van der Waals surface area contributed by atoms with Gasteiger partial charge in [-0.2, -0.15) is 5.10 Å². The van der Waals surface area contributed by atoms with Crippen molar-refractivity contribution in [3.05, 3.63) is 34.5 Å². The van der Waals surface area contributed by atoms with Crippen molar-refractivity contribution < 1.29 is 0 Å². The maximum absolute atomic E-state index is 5.99. The second-order valence-electron chi connectivity index (χ2n) is 7.84. The predicted octanol–water partition coefficient (Wildman–Crippen LogP) is 2.55. The van der Waals surface area contributed by atoms with Gasteiger partial charge < -0.3 is 10.6 Å². The van der Waals surface area contributed by atoms with E-state index in [9.17, 15) is 0 Å². The fraction of sp³-hybridized carbons (Fsp3) is 0.632. The zero-order chi connectivity index (χ0) is 17.7. The van der Waals surface area contributed by atoms with Crippen LogP contribution in [0.2, 0.25) is 0 Å². The molecule has 25 heavy (non-hydrogen) atoms. The molecule has 4 rings (SSSR count). The van der Waals surface area contributed by atoms with E-state index in [0.29, 0.717) is 17.9 Å². The Labute approximate surface area is 149 Å². The Balaban J connectivity index is 1.61. The highest BCUT2D eigenvalue weighted by atomic mass is 15.3. The molecule has 0 bridgehead atoms. The Hall–Kier alpha value is -1.95. The van der Waals surface area contributed by atoms with Crippen molar-refractivity contribution in [1.29, 1.82) is 0 Å². The average molecular weight is 340 g/mol. The van der Waals surface area contributed by atoms with Gasteiger partial charge >= 0.3 is 0 Å². The highest BCUT2D eigenvalue weighted by Crippen LogP contribution is 2.41. The van der Waals surface area contributed by atoms with E-state index in [-0.39, 0.29) is 0 Å². The van der Waals surface area contributed by atoms with Crippen LogP contribution in [0.25, 0.3) is 0 Å². The Morgan fingerprint density at radius 3 is 2.48 bits per heavy atom. The van der Waals surface area contributed by atoms with Gasteiger partial charge in [0.1, 0.15) is 11.6 Å². The molecule has 2 aromatic heterocycles. The molecule has 2 aliphatic rings. The minimum absolute atomic E-state index is 0.339. The van der Waals surface area contributed by atoms with Gasteiger partial charge in [0.15, 0.2) is 0 Å². The zero-order valence-electron chi connectivity index (χ0n) is 15.7. The molecule has 2 N–H and O–H groups in total. The predicted molar refractivity (Wildman–Crippen MR) is 98.7 cm³/mol. The molecule has 0 radical (unpaired) electrons. The van der Waals surface area contributed by atoms with E-state index in [4.69, 9.17) is 15.7 Å². The summed E-state index contributed by atoms with van der Waals surface area (Å²) in [5, 5.41) is 4.53. The van der Waals surface area contributed by atoms with E-state index in [2.05, 4.69) is 37.0 Å². The SMILES string of the molecule is Cc1nn(C)c(C)c1CN(C)c1cc(C2CC(N)C2)nc(C2CC2)n1. The van der Waals surface area contributed by atoms with Crippen molar-refractivity contribution in [3.63, 3.8) is 0 Å². The minimum Gasteiger partial charge on any atom is -0.355 e. The summed E-state index contributed by atoms with van der Waals surface area (Å²) in [4.78, 5) is 12.0. The number of aromatic nitrogens is 4. The summed E-state index contributed by atoms with van der Waals surface area (Å²) in [5.74, 6) is 3.11. The molecule has 134 valence electrons. The molecule has 0 amide bonds. The number of rotatable bonds is 5. The van der Waals surface area contributed by atoms with Crippen molar-refractivity contribution >= 4 is 5.82 Å². The lowest BCUT2D eigenvalue weighted by atomic mass is 9.78. The maximum atomic E-state index is 5.99.